The second-order valence-electron chi connectivity index (χ2n) is 2.02. The van der Waals surface area contributed by atoms with Crippen LogP contribution in [0.4, 0.5) is 0 Å². The number of fused-ring (bicyclic) bond motifs is 1. The van der Waals surface area contributed by atoms with Crippen LogP contribution in [-0.2, 0) is 0 Å². The molecule has 0 aromatic heterocycles. The fourth-order valence-electron chi connectivity index (χ4n) is 0.885. The number of hydrogen-bond acceptors (Lipinski definition) is 3. The van der Waals surface area contributed by atoms with Gasteiger partial charge in [0.15, 0.2) is 5.84 Å². The molecule has 3 nitrogen and oxygen atoms in total. The van der Waals surface area contributed by atoms with E-state index < -0.39 is 0 Å². The van der Waals surface area contributed by atoms with E-state index in [4.69, 9.17) is 0 Å². The Bertz CT molecular complexity index is 248. The number of rotatable bonds is 0. The largest absolute Gasteiger partial charge is 0.306 e. The van der Waals surface area contributed by atoms with Gasteiger partial charge in [-0.3, -0.25) is 5.43 Å². The highest BCUT2D eigenvalue weighted by Gasteiger charge is 2.06. The highest BCUT2D eigenvalue weighted by Crippen LogP contribution is 2.04. The van der Waals surface area contributed by atoms with Gasteiger partial charge in [0.2, 0.25) is 0 Å². The van der Waals surface area contributed by atoms with Crippen LogP contribution < -0.4 is 5.43 Å². The Morgan fingerprint density at radius 2 is 2.30 bits per heavy atom. The lowest BCUT2D eigenvalue weighted by Gasteiger charge is -2.19. The lowest BCUT2D eigenvalue weighted by atomic mass is 10.3. The number of hydrazone groups is 1. The van der Waals surface area contributed by atoms with E-state index in [2.05, 4.69) is 10.5 Å². The van der Waals surface area contributed by atoms with Gasteiger partial charge in [-0.2, -0.15) is 5.10 Å². The number of hydrogen-bond donors (Lipinski definition) is 1. The molecule has 2 aliphatic heterocycles. The van der Waals surface area contributed by atoms with Crippen LogP contribution in [0.5, 0.6) is 0 Å². The zero-order chi connectivity index (χ0) is 6.81. The molecule has 0 spiro atoms. The first-order valence-electron chi connectivity index (χ1n) is 3.10. The van der Waals surface area contributed by atoms with Gasteiger partial charge in [-0.15, -0.1) is 0 Å². The van der Waals surface area contributed by atoms with Gasteiger partial charge in [0.25, 0.3) is 0 Å². The minimum atomic E-state index is 0.921. The molecule has 0 bridgehead atoms. The van der Waals surface area contributed by atoms with Crippen molar-refractivity contribution >= 4 is 5.84 Å². The van der Waals surface area contributed by atoms with Crippen molar-refractivity contribution in [2.75, 3.05) is 0 Å². The van der Waals surface area contributed by atoms with E-state index in [-0.39, 0.29) is 0 Å². The molecule has 2 heterocycles. The molecular formula is C7H7N3. The first kappa shape index (κ1) is 5.29. The molecule has 0 unspecified atom stereocenters. The van der Waals surface area contributed by atoms with Gasteiger partial charge in [-0.25, -0.2) is 0 Å². The average Bonchev–Trinajstić information content (AvgIpc) is 2.05. The van der Waals surface area contributed by atoms with Gasteiger partial charge < -0.3 is 4.90 Å². The second-order valence-corrected chi connectivity index (χ2v) is 2.02. The Hall–Kier alpha value is -1.51. The summed E-state index contributed by atoms with van der Waals surface area (Å²) in [5.74, 6) is 0.921. The number of allylic oxidation sites excluding steroid dienone is 2. The molecule has 1 N–H and O–H groups in total. The molecule has 0 amide bonds. The van der Waals surface area contributed by atoms with Crippen molar-refractivity contribution < 1.29 is 0 Å². The van der Waals surface area contributed by atoms with Crippen LogP contribution in [0.2, 0.25) is 0 Å². The Morgan fingerprint density at radius 1 is 1.30 bits per heavy atom. The summed E-state index contributed by atoms with van der Waals surface area (Å²) in [5, 5.41) is 4.02. The third kappa shape index (κ3) is 0.719. The predicted octanol–water partition coefficient (Wildman–Crippen LogP) is 0.760. The summed E-state index contributed by atoms with van der Waals surface area (Å²) >= 11 is 0. The van der Waals surface area contributed by atoms with Crippen LogP contribution in [0, 0.1) is 0 Å². The molecule has 0 aliphatic carbocycles. The van der Waals surface area contributed by atoms with E-state index in [1.54, 1.807) is 6.20 Å². The van der Waals surface area contributed by atoms with Crippen molar-refractivity contribution in [2.24, 2.45) is 5.10 Å². The normalized spacial score (nSPS) is 20.0. The van der Waals surface area contributed by atoms with Crippen LogP contribution in [0.3, 0.4) is 0 Å². The molecule has 0 saturated carbocycles. The van der Waals surface area contributed by atoms with E-state index in [1.165, 1.54) is 0 Å². The summed E-state index contributed by atoms with van der Waals surface area (Å²) in [5.41, 5.74) is 2.76. The highest BCUT2D eigenvalue weighted by atomic mass is 15.4. The van der Waals surface area contributed by atoms with Crippen molar-refractivity contribution in [2.45, 2.75) is 0 Å². The van der Waals surface area contributed by atoms with Crippen LogP contribution in [0.25, 0.3) is 0 Å². The molecule has 2 rings (SSSR count). The molecule has 0 saturated heterocycles. The lowest BCUT2D eigenvalue weighted by Crippen LogP contribution is -2.25. The zero-order valence-electron chi connectivity index (χ0n) is 5.36. The smallest absolute Gasteiger partial charge is 0.156 e. The molecular weight excluding hydrogens is 126 g/mol. The van der Waals surface area contributed by atoms with Crippen molar-refractivity contribution in [1.82, 2.24) is 10.3 Å². The van der Waals surface area contributed by atoms with Crippen LogP contribution in [0.1, 0.15) is 0 Å². The van der Waals surface area contributed by atoms with Crippen LogP contribution in [-0.4, -0.2) is 10.7 Å². The minimum absolute atomic E-state index is 0.921. The van der Waals surface area contributed by atoms with Gasteiger partial charge in [0.1, 0.15) is 0 Å². The molecule has 3 heteroatoms. The molecule has 0 radical (unpaired) electrons. The monoisotopic (exact) mass is 133 g/mol. The lowest BCUT2D eigenvalue weighted by molar-refractivity contribution is 0.702. The number of nitrogens with one attached hydrogen (secondary N) is 1. The van der Waals surface area contributed by atoms with E-state index in [9.17, 15) is 0 Å². The summed E-state index contributed by atoms with van der Waals surface area (Å²) < 4.78 is 0. The van der Waals surface area contributed by atoms with Crippen molar-refractivity contribution in [3.63, 3.8) is 0 Å². The number of nitrogens with zero attached hydrogens (tertiary/aromatic N) is 2. The second kappa shape index (κ2) is 2.02. The molecule has 50 valence electrons. The first-order valence-corrected chi connectivity index (χ1v) is 3.10. The topological polar surface area (TPSA) is 27.6 Å². The van der Waals surface area contributed by atoms with Gasteiger partial charge >= 0.3 is 0 Å². The Balaban J connectivity index is 2.33. The van der Waals surface area contributed by atoms with E-state index in [1.807, 2.05) is 35.5 Å². The maximum atomic E-state index is 4.02. The summed E-state index contributed by atoms with van der Waals surface area (Å²) in [6.45, 7) is 0. The summed E-state index contributed by atoms with van der Waals surface area (Å²) in [6, 6.07) is 0. The minimum Gasteiger partial charge on any atom is -0.306 e. The van der Waals surface area contributed by atoms with E-state index in [0.717, 1.165) is 5.84 Å². The van der Waals surface area contributed by atoms with Crippen molar-refractivity contribution in [3.8, 4) is 0 Å². The van der Waals surface area contributed by atoms with E-state index in [0.29, 0.717) is 0 Å². The molecule has 10 heavy (non-hydrogen) atoms. The maximum absolute atomic E-state index is 4.02. The Morgan fingerprint density at radius 3 is 3.20 bits per heavy atom. The SMILES string of the molecule is C1=CC2=NNC=CN2C=C1. The standard InChI is InChI=1S/C7H7N3/c1-2-5-10-6-4-8-9-7(10)3-1/h1-6,8H. The zero-order valence-corrected chi connectivity index (χ0v) is 5.36. The summed E-state index contributed by atoms with van der Waals surface area (Å²) in [6.07, 6.45) is 11.5. The third-order valence-corrected chi connectivity index (χ3v) is 1.36. The molecule has 0 atom stereocenters. The van der Waals surface area contributed by atoms with E-state index >= 15 is 0 Å². The fraction of sp³-hybridized carbons (Fsp3) is 0. The van der Waals surface area contributed by atoms with Gasteiger partial charge in [0, 0.05) is 18.6 Å². The van der Waals surface area contributed by atoms with Crippen molar-refractivity contribution in [1.29, 1.82) is 0 Å². The summed E-state index contributed by atoms with van der Waals surface area (Å²) in [4.78, 5) is 1.94. The van der Waals surface area contributed by atoms with Gasteiger partial charge in [0.05, 0.1) is 0 Å². The molecule has 0 fully saturated rings. The molecule has 2 aliphatic rings. The van der Waals surface area contributed by atoms with Crippen molar-refractivity contribution in [3.05, 3.63) is 36.8 Å². The van der Waals surface area contributed by atoms with Crippen LogP contribution in [0.15, 0.2) is 41.9 Å². The third-order valence-electron chi connectivity index (χ3n) is 1.36. The molecule has 0 aromatic rings. The van der Waals surface area contributed by atoms with Gasteiger partial charge in [-0.1, -0.05) is 6.08 Å². The Kier molecular flexibility index (Phi) is 1.07. The maximum Gasteiger partial charge on any atom is 0.156 e. The first-order chi connectivity index (χ1) is 4.97. The highest BCUT2D eigenvalue weighted by molar-refractivity contribution is 5.95. The van der Waals surface area contributed by atoms with Gasteiger partial charge in [-0.05, 0) is 12.2 Å². The predicted molar refractivity (Wildman–Crippen MR) is 39.8 cm³/mol. The Labute approximate surface area is 59.0 Å². The van der Waals surface area contributed by atoms with Crippen LogP contribution >= 0.6 is 0 Å². The fourth-order valence-corrected chi connectivity index (χ4v) is 0.885. The summed E-state index contributed by atoms with van der Waals surface area (Å²) in [7, 11) is 0. The average molecular weight is 133 g/mol. The quantitative estimate of drug-likeness (QED) is 0.528. The number of amidine groups is 1. The molecule has 0 aromatic carbocycles.